The van der Waals surface area contributed by atoms with Gasteiger partial charge in [-0.3, -0.25) is 9.59 Å². The van der Waals surface area contributed by atoms with Gasteiger partial charge in [0.2, 0.25) is 0 Å². The van der Waals surface area contributed by atoms with Gasteiger partial charge in [-0.05, 0) is 73.4 Å². The van der Waals surface area contributed by atoms with Crippen molar-refractivity contribution < 1.29 is 14.4 Å². The molecule has 1 aliphatic heterocycles. The summed E-state index contributed by atoms with van der Waals surface area (Å²) in [5.41, 5.74) is 5.68. The molecule has 0 bridgehead atoms. The summed E-state index contributed by atoms with van der Waals surface area (Å²) in [4.78, 5) is 42.6. The van der Waals surface area contributed by atoms with Crippen molar-refractivity contribution in [1.29, 1.82) is 0 Å². The topological polar surface area (TPSA) is 57.7 Å². The summed E-state index contributed by atoms with van der Waals surface area (Å²) in [5, 5.41) is 0.533. The lowest BCUT2D eigenvalue weighted by atomic mass is 9.99. The molecule has 0 atom stereocenters. The lowest BCUT2D eigenvalue weighted by Gasteiger charge is -2.33. The summed E-state index contributed by atoms with van der Waals surface area (Å²) in [7, 11) is 0. The van der Waals surface area contributed by atoms with Crippen LogP contribution in [0.3, 0.4) is 0 Å². The van der Waals surface area contributed by atoms with Crippen LogP contribution in [0.25, 0.3) is 6.08 Å². The quantitative estimate of drug-likeness (QED) is 0.208. The van der Waals surface area contributed by atoms with E-state index in [1.54, 1.807) is 66.7 Å². The zero-order valence-electron chi connectivity index (χ0n) is 21.0. The monoisotopic (exact) mass is 520 g/mol. The third kappa shape index (κ3) is 5.01. The SMILES string of the molecule is Cc1cc(C)cc(Cc2ccc(C=C3C(=O)N(c4ccccc4)C(=O)N(c4ccccc4)C3=O)cc2Cl)c1. The summed E-state index contributed by atoms with van der Waals surface area (Å²) in [6.45, 7) is 4.13. The molecule has 0 unspecified atom stereocenters. The van der Waals surface area contributed by atoms with E-state index in [2.05, 4.69) is 32.0 Å². The number of nitrogens with zero attached hydrogens (tertiary/aromatic N) is 2. The number of carbonyl (C=O) groups is 3. The van der Waals surface area contributed by atoms with Gasteiger partial charge in [0.05, 0.1) is 11.4 Å². The summed E-state index contributed by atoms with van der Waals surface area (Å²) in [5.74, 6) is -1.37. The standard InChI is InChI=1S/C32H25ClN2O3/c1-21-15-22(2)17-24(16-21)18-25-14-13-23(20-29(25)33)19-28-30(36)34(26-9-5-3-6-10-26)32(38)35(31(28)37)27-11-7-4-8-12-27/h3-17,19-20H,18H2,1-2H3. The molecule has 0 radical (unpaired) electrons. The van der Waals surface area contributed by atoms with Crippen LogP contribution in [0.2, 0.25) is 5.02 Å². The molecule has 4 aromatic rings. The van der Waals surface area contributed by atoms with Crippen molar-refractivity contribution in [3.05, 3.63) is 135 Å². The van der Waals surface area contributed by atoms with E-state index in [0.717, 1.165) is 20.9 Å². The molecular weight excluding hydrogens is 496 g/mol. The molecule has 5 nitrogen and oxygen atoms in total. The number of benzene rings is 4. The predicted molar refractivity (Wildman–Crippen MR) is 151 cm³/mol. The minimum atomic E-state index is -0.726. The van der Waals surface area contributed by atoms with E-state index in [0.29, 0.717) is 28.4 Å². The van der Waals surface area contributed by atoms with Crippen molar-refractivity contribution in [3.63, 3.8) is 0 Å². The fraction of sp³-hybridized carbons (Fsp3) is 0.0938. The van der Waals surface area contributed by atoms with E-state index in [-0.39, 0.29) is 5.57 Å². The maximum Gasteiger partial charge on any atom is 0.343 e. The Bertz CT molecular complexity index is 1500. The molecule has 1 fully saturated rings. The predicted octanol–water partition coefficient (Wildman–Crippen LogP) is 7.13. The van der Waals surface area contributed by atoms with E-state index in [4.69, 9.17) is 11.6 Å². The number of aryl methyl sites for hydroxylation is 2. The number of hydrogen-bond donors (Lipinski definition) is 0. The second-order valence-corrected chi connectivity index (χ2v) is 9.72. The molecule has 0 saturated carbocycles. The van der Waals surface area contributed by atoms with Crippen LogP contribution in [0.4, 0.5) is 16.2 Å². The largest absolute Gasteiger partial charge is 0.343 e. The van der Waals surface area contributed by atoms with Gasteiger partial charge in [0, 0.05) is 5.02 Å². The molecule has 0 N–H and O–H groups in total. The van der Waals surface area contributed by atoms with Gasteiger partial charge in [-0.1, -0.05) is 89.5 Å². The maximum atomic E-state index is 13.5. The molecule has 6 heteroatoms. The third-order valence-electron chi connectivity index (χ3n) is 6.34. The number of rotatable bonds is 5. The molecule has 1 heterocycles. The lowest BCUT2D eigenvalue weighted by Crippen LogP contribution is -2.57. The Hall–Kier alpha value is -4.48. The minimum absolute atomic E-state index is 0.129. The summed E-state index contributed by atoms with van der Waals surface area (Å²) in [6, 6.07) is 28.3. The number of halogens is 1. The maximum absolute atomic E-state index is 13.5. The number of anilines is 2. The van der Waals surface area contributed by atoms with Gasteiger partial charge in [-0.25, -0.2) is 14.6 Å². The smallest absolute Gasteiger partial charge is 0.268 e. The highest BCUT2D eigenvalue weighted by atomic mass is 35.5. The number of imide groups is 2. The normalized spacial score (nSPS) is 13.8. The van der Waals surface area contributed by atoms with Crippen molar-refractivity contribution in [3.8, 4) is 0 Å². The first-order valence-electron chi connectivity index (χ1n) is 12.2. The van der Waals surface area contributed by atoms with E-state index in [1.165, 1.54) is 17.2 Å². The molecule has 0 aromatic heterocycles. The third-order valence-corrected chi connectivity index (χ3v) is 6.69. The average molecular weight is 521 g/mol. The number of carbonyl (C=O) groups excluding carboxylic acids is 3. The molecular formula is C32H25ClN2O3. The van der Waals surface area contributed by atoms with Gasteiger partial charge in [0.25, 0.3) is 11.8 Å². The first-order chi connectivity index (χ1) is 18.3. The highest BCUT2D eigenvalue weighted by molar-refractivity contribution is 6.46. The van der Waals surface area contributed by atoms with Gasteiger partial charge in [-0.2, -0.15) is 0 Å². The molecule has 1 saturated heterocycles. The number of hydrogen-bond acceptors (Lipinski definition) is 3. The Kier molecular flexibility index (Phi) is 6.95. The van der Waals surface area contributed by atoms with Gasteiger partial charge < -0.3 is 0 Å². The molecule has 4 amide bonds. The first kappa shape index (κ1) is 25.2. The summed E-state index contributed by atoms with van der Waals surface area (Å²) < 4.78 is 0. The number of amides is 4. The van der Waals surface area contributed by atoms with Crippen LogP contribution in [-0.2, 0) is 16.0 Å². The zero-order valence-corrected chi connectivity index (χ0v) is 21.8. The Morgan fingerprint density at radius 3 is 1.71 bits per heavy atom. The van der Waals surface area contributed by atoms with Crippen LogP contribution in [0, 0.1) is 13.8 Å². The van der Waals surface area contributed by atoms with Crippen molar-refractivity contribution in [1.82, 2.24) is 0 Å². The van der Waals surface area contributed by atoms with Crippen LogP contribution in [0.1, 0.15) is 27.8 Å². The van der Waals surface area contributed by atoms with Crippen LogP contribution in [0.15, 0.2) is 103 Å². The number of para-hydroxylation sites is 2. The molecule has 0 spiro atoms. The van der Waals surface area contributed by atoms with E-state index >= 15 is 0 Å². The van der Waals surface area contributed by atoms with Gasteiger partial charge in [-0.15, -0.1) is 0 Å². The summed E-state index contributed by atoms with van der Waals surface area (Å²) in [6.07, 6.45) is 2.16. The Balaban J connectivity index is 1.53. The van der Waals surface area contributed by atoms with Crippen molar-refractivity contribution in [2.45, 2.75) is 20.3 Å². The second kappa shape index (κ2) is 10.5. The average Bonchev–Trinajstić information content (AvgIpc) is 2.89. The minimum Gasteiger partial charge on any atom is -0.268 e. The Morgan fingerprint density at radius 1 is 0.684 bits per heavy atom. The van der Waals surface area contributed by atoms with Gasteiger partial charge in [0.15, 0.2) is 0 Å². The van der Waals surface area contributed by atoms with Crippen LogP contribution >= 0.6 is 11.6 Å². The molecule has 0 aliphatic carbocycles. The highest BCUT2D eigenvalue weighted by Gasteiger charge is 2.43. The van der Waals surface area contributed by atoms with Crippen LogP contribution < -0.4 is 9.80 Å². The lowest BCUT2D eigenvalue weighted by molar-refractivity contribution is -0.121. The zero-order chi connectivity index (χ0) is 26.8. The summed E-state index contributed by atoms with van der Waals surface area (Å²) >= 11 is 6.65. The first-order valence-corrected chi connectivity index (χ1v) is 12.6. The van der Waals surface area contributed by atoms with Crippen molar-refractivity contribution in [2.75, 3.05) is 9.80 Å². The highest BCUT2D eigenvalue weighted by Crippen LogP contribution is 2.30. The fourth-order valence-electron chi connectivity index (χ4n) is 4.69. The van der Waals surface area contributed by atoms with E-state index in [1.807, 2.05) is 12.1 Å². The number of urea groups is 1. The second-order valence-electron chi connectivity index (χ2n) is 9.32. The van der Waals surface area contributed by atoms with Gasteiger partial charge in [0.1, 0.15) is 5.57 Å². The Labute approximate surface area is 226 Å². The van der Waals surface area contributed by atoms with Crippen molar-refractivity contribution >= 4 is 46.9 Å². The van der Waals surface area contributed by atoms with E-state index in [9.17, 15) is 14.4 Å². The van der Waals surface area contributed by atoms with Crippen LogP contribution in [-0.4, -0.2) is 17.8 Å². The fourth-order valence-corrected chi connectivity index (χ4v) is 4.95. The van der Waals surface area contributed by atoms with Gasteiger partial charge >= 0.3 is 6.03 Å². The molecule has 1 aliphatic rings. The molecule has 4 aromatic carbocycles. The number of barbiturate groups is 1. The van der Waals surface area contributed by atoms with Crippen LogP contribution in [0.5, 0.6) is 0 Å². The molecule has 5 rings (SSSR count). The van der Waals surface area contributed by atoms with Crippen molar-refractivity contribution in [2.24, 2.45) is 0 Å². The molecule has 38 heavy (non-hydrogen) atoms. The van der Waals surface area contributed by atoms with E-state index < -0.39 is 17.8 Å². The molecule has 188 valence electrons. The Morgan fingerprint density at radius 2 is 1.21 bits per heavy atom.